The van der Waals surface area contributed by atoms with Gasteiger partial charge in [0.25, 0.3) is 0 Å². The van der Waals surface area contributed by atoms with E-state index in [4.69, 9.17) is 28.3 Å². The molecule has 0 atom stereocenters. The standard InChI is InChI=1S/C8H4Cl2F3NO3S/c9-3(10)1-2-14-5(8(11,12)13)4(6(15)16)18-7(14)17/h1H,2H2,(H,15,16). The van der Waals surface area contributed by atoms with E-state index in [2.05, 4.69) is 0 Å². The van der Waals surface area contributed by atoms with Gasteiger partial charge in [-0.05, 0) is 6.08 Å². The molecule has 0 bridgehead atoms. The van der Waals surface area contributed by atoms with Gasteiger partial charge in [-0.2, -0.15) is 13.2 Å². The fourth-order valence-corrected chi connectivity index (χ4v) is 2.16. The third kappa shape index (κ3) is 3.27. The summed E-state index contributed by atoms with van der Waals surface area (Å²) in [5.74, 6) is -1.82. The number of carbonyl (C=O) groups is 1. The number of carboxylic acid groups (broad SMARTS) is 1. The lowest BCUT2D eigenvalue weighted by Crippen LogP contribution is -2.22. The Balaban J connectivity index is 3.46. The van der Waals surface area contributed by atoms with Gasteiger partial charge in [0.1, 0.15) is 9.37 Å². The van der Waals surface area contributed by atoms with Crippen LogP contribution >= 0.6 is 34.5 Å². The number of hydrogen-bond donors (Lipinski definition) is 1. The highest BCUT2D eigenvalue weighted by molar-refractivity contribution is 7.11. The van der Waals surface area contributed by atoms with Crippen molar-refractivity contribution in [2.24, 2.45) is 0 Å². The molecule has 0 aliphatic carbocycles. The van der Waals surface area contributed by atoms with Gasteiger partial charge in [-0.25, -0.2) is 4.79 Å². The summed E-state index contributed by atoms with van der Waals surface area (Å²) in [5.41, 5.74) is -1.52. The number of carboxylic acids is 1. The van der Waals surface area contributed by atoms with Crippen LogP contribution in [0.2, 0.25) is 0 Å². The molecule has 0 spiro atoms. The molecule has 0 aliphatic heterocycles. The zero-order chi connectivity index (χ0) is 14.1. The van der Waals surface area contributed by atoms with Gasteiger partial charge < -0.3 is 5.11 Å². The van der Waals surface area contributed by atoms with E-state index < -0.39 is 34.1 Å². The number of nitrogens with zero attached hydrogens (tertiary/aromatic N) is 1. The van der Waals surface area contributed by atoms with Crippen molar-refractivity contribution in [3.8, 4) is 0 Å². The van der Waals surface area contributed by atoms with E-state index in [1.54, 1.807) is 0 Å². The maximum absolute atomic E-state index is 12.7. The van der Waals surface area contributed by atoms with Gasteiger partial charge in [0.05, 0.1) is 0 Å². The molecular formula is C8H4Cl2F3NO3S. The van der Waals surface area contributed by atoms with Gasteiger partial charge in [-0.15, -0.1) is 0 Å². The minimum Gasteiger partial charge on any atom is -0.477 e. The Morgan fingerprint density at radius 3 is 2.39 bits per heavy atom. The third-order valence-corrected chi connectivity index (χ3v) is 3.06. The van der Waals surface area contributed by atoms with E-state index >= 15 is 0 Å². The Bertz CT molecular complexity index is 557. The van der Waals surface area contributed by atoms with Crippen LogP contribution in [0.1, 0.15) is 15.4 Å². The van der Waals surface area contributed by atoms with Gasteiger partial charge >= 0.3 is 17.0 Å². The van der Waals surface area contributed by atoms with Crippen LogP contribution < -0.4 is 4.87 Å². The van der Waals surface area contributed by atoms with Gasteiger partial charge in [-0.3, -0.25) is 9.36 Å². The van der Waals surface area contributed by atoms with E-state index in [1.807, 2.05) is 0 Å². The average Bonchev–Trinajstić information content (AvgIpc) is 2.52. The molecule has 1 rings (SSSR count). The molecule has 0 fully saturated rings. The summed E-state index contributed by atoms with van der Waals surface area (Å²) in [6, 6.07) is 0. The molecular weight excluding hydrogens is 318 g/mol. The second-order valence-electron chi connectivity index (χ2n) is 2.95. The molecule has 0 saturated carbocycles. The predicted molar refractivity (Wildman–Crippen MR) is 60.3 cm³/mol. The highest BCUT2D eigenvalue weighted by Gasteiger charge is 2.41. The van der Waals surface area contributed by atoms with Crippen LogP contribution in [0.5, 0.6) is 0 Å². The van der Waals surface area contributed by atoms with Crippen LogP contribution in [-0.2, 0) is 12.7 Å². The fraction of sp³-hybridized carbons (Fsp3) is 0.250. The quantitative estimate of drug-likeness (QED) is 0.931. The minimum absolute atomic E-state index is 0.0000619. The van der Waals surface area contributed by atoms with Crippen LogP contribution in [-0.4, -0.2) is 15.6 Å². The largest absolute Gasteiger partial charge is 0.477 e. The summed E-state index contributed by atoms with van der Waals surface area (Å²) in [4.78, 5) is 19.9. The fourth-order valence-electron chi connectivity index (χ4n) is 1.16. The highest BCUT2D eigenvalue weighted by atomic mass is 35.5. The third-order valence-electron chi connectivity index (χ3n) is 1.79. The van der Waals surface area contributed by atoms with E-state index in [-0.39, 0.29) is 20.4 Å². The van der Waals surface area contributed by atoms with Crippen molar-refractivity contribution in [1.29, 1.82) is 0 Å². The number of hydrogen-bond acceptors (Lipinski definition) is 3. The summed E-state index contributed by atoms with van der Waals surface area (Å²) in [6.07, 6.45) is -4.00. The first kappa shape index (κ1) is 15.1. The van der Waals surface area contributed by atoms with E-state index in [9.17, 15) is 22.8 Å². The molecule has 0 amide bonds. The number of thiazole rings is 1. The van der Waals surface area contributed by atoms with Crippen LogP contribution in [0, 0.1) is 0 Å². The Morgan fingerprint density at radius 2 is 2.00 bits per heavy atom. The number of aromatic nitrogens is 1. The molecule has 10 heteroatoms. The number of rotatable bonds is 3. The van der Waals surface area contributed by atoms with Gasteiger partial charge in [0.15, 0.2) is 5.69 Å². The number of halogens is 5. The predicted octanol–water partition coefficient (Wildman–Crippen LogP) is 2.95. The topological polar surface area (TPSA) is 59.3 Å². The Labute approximate surface area is 112 Å². The zero-order valence-corrected chi connectivity index (χ0v) is 10.6. The smallest absolute Gasteiger partial charge is 0.433 e. The number of allylic oxidation sites excluding steroid dienone is 1. The van der Waals surface area contributed by atoms with Crippen molar-refractivity contribution >= 4 is 40.5 Å². The van der Waals surface area contributed by atoms with Crippen molar-refractivity contribution in [1.82, 2.24) is 4.57 Å². The van der Waals surface area contributed by atoms with Crippen LogP contribution in [0.4, 0.5) is 13.2 Å². The lowest BCUT2D eigenvalue weighted by Gasteiger charge is -2.09. The maximum atomic E-state index is 12.7. The van der Waals surface area contributed by atoms with Crippen LogP contribution in [0.15, 0.2) is 15.4 Å². The first-order chi connectivity index (χ1) is 8.14. The summed E-state index contributed by atoms with van der Waals surface area (Å²) in [6.45, 7) is -0.556. The molecule has 1 aromatic rings. The van der Waals surface area contributed by atoms with E-state index in [0.717, 1.165) is 6.08 Å². The summed E-state index contributed by atoms with van der Waals surface area (Å²) in [5, 5.41) is 8.63. The molecule has 0 unspecified atom stereocenters. The first-order valence-electron chi connectivity index (χ1n) is 4.20. The van der Waals surface area contributed by atoms with Crippen molar-refractivity contribution in [3.05, 3.63) is 30.8 Å². The van der Waals surface area contributed by atoms with Crippen molar-refractivity contribution < 1.29 is 23.1 Å². The summed E-state index contributed by atoms with van der Waals surface area (Å²) >= 11 is 10.5. The summed E-state index contributed by atoms with van der Waals surface area (Å²) in [7, 11) is 0. The number of alkyl halides is 3. The van der Waals surface area contributed by atoms with Gasteiger partial charge in [0, 0.05) is 6.54 Å². The monoisotopic (exact) mass is 321 g/mol. The maximum Gasteiger partial charge on any atom is 0.433 e. The Morgan fingerprint density at radius 1 is 1.44 bits per heavy atom. The van der Waals surface area contributed by atoms with Crippen molar-refractivity contribution in [2.45, 2.75) is 12.7 Å². The molecule has 0 radical (unpaired) electrons. The van der Waals surface area contributed by atoms with E-state index in [0.29, 0.717) is 0 Å². The molecule has 4 nitrogen and oxygen atoms in total. The molecule has 0 aliphatic rings. The van der Waals surface area contributed by atoms with Gasteiger partial charge in [-0.1, -0.05) is 34.5 Å². The molecule has 100 valence electrons. The average molecular weight is 322 g/mol. The van der Waals surface area contributed by atoms with Crippen molar-refractivity contribution in [2.75, 3.05) is 0 Å². The van der Waals surface area contributed by atoms with Gasteiger partial charge in [0.2, 0.25) is 0 Å². The first-order valence-corrected chi connectivity index (χ1v) is 5.77. The van der Waals surface area contributed by atoms with Crippen LogP contribution in [0.25, 0.3) is 0 Å². The molecule has 0 aromatic carbocycles. The SMILES string of the molecule is O=C(O)c1sc(=O)n(CC=C(Cl)Cl)c1C(F)(F)F. The minimum atomic E-state index is -4.96. The Hall–Kier alpha value is -0.990. The van der Waals surface area contributed by atoms with Crippen molar-refractivity contribution in [3.63, 3.8) is 0 Å². The molecule has 1 aromatic heterocycles. The summed E-state index contributed by atoms with van der Waals surface area (Å²) < 4.78 is 38.1. The molecule has 18 heavy (non-hydrogen) atoms. The lowest BCUT2D eigenvalue weighted by atomic mass is 10.3. The van der Waals surface area contributed by atoms with E-state index in [1.165, 1.54) is 0 Å². The van der Waals surface area contributed by atoms with Crippen LogP contribution in [0.3, 0.4) is 0 Å². The Kier molecular flexibility index (Phi) is 4.46. The second kappa shape index (κ2) is 5.33. The highest BCUT2D eigenvalue weighted by Crippen LogP contribution is 2.33. The molecule has 1 N–H and O–H groups in total. The normalized spacial score (nSPS) is 11.4. The molecule has 0 saturated heterocycles. The second-order valence-corrected chi connectivity index (χ2v) is 4.92. The zero-order valence-electron chi connectivity index (χ0n) is 8.29. The lowest BCUT2D eigenvalue weighted by molar-refractivity contribution is -0.143. The number of aromatic carboxylic acids is 1. The molecule has 1 heterocycles.